The first kappa shape index (κ1) is 9.07. The molecule has 0 saturated heterocycles. The van der Waals surface area contributed by atoms with Crippen LogP contribution in [0.25, 0.3) is 0 Å². The van der Waals surface area contributed by atoms with Crippen molar-refractivity contribution in [3.8, 4) is 5.75 Å². The van der Waals surface area contributed by atoms with Gasteiger partial charge in [-0.3, -0.25) is 0 Å². The summed E-state index contributed by atoms with van der Waals surface area (Å²) in [5.74, 6) is 0.335. The zero-order valence-corrected chi connectivity index (χ0v) is 7.66. The SMILES string of the molecule is COC(C)c1ccc(O)c(C)c1. The Kier molecular flexibility index (Phi) is 2.71. The molecule has 0 fully saturated rings. The Morgan fingerprint density at radius 2 is 2.08 bits per heavy atom. The summed E-state index contributed by atoms with van der Waals surface area (Å²) < 4.78 is 5.15. The second-order valence-electron chi connectivity index (χ2n) is 2.92. The third-order valence-electron chi connectivity index (χ3n) is 2.04. The zero-order chi connectivity index (χ0) is 9.14. The van der Waals surface area contributed by atoms with E-state index in [4.69, 9.17) is 4.74 Å². The van der Waals surface area contributed by atoms with Crippen LogP contribution in [0, 0.1) is 6.92 Å². The van der Waals surface area contributed by atoms with Crippen LogP contribution in [0.4, 0.5) is 0 Å². The van der Waals surface area contributed by atoms with Crippen molar-refractivity contribution in [1.82, 2.24) is 0 Å². The molecule has 1 N–H and O–H groups in total. The lowest BCUT2D eigenvalue weighted by atomic mass is 10.1. The standard InChI is InChI=1S/C10H14O2/c1-7-6-9(8(2)12-3)4-5-10(7)11/h4-6,8,11H,1-3H3. The van der Waals surface area contributed by atoms with E-state index < -0.39 is 0 Å². The molecule has 2 heteroatoms. The van der Waals surface area contributed by atoms with Crippen molar-refractivity contribution in [2.45, 2.75) is 20.0 Å². The average Bonchev–Trinajstić information content (AvgIpc) is 2.08. The van der Waals surface area contributed by atoms with Gasteiger partial charge in [0, 0.05) is 7.11 Å². The van der Waals surface area contributed by atoms with Gasteiger partial charge in [0.05, 0.1) is 6.10 Å². The minimum absolute atomic E-state index is 0.0873. The van der Waals surface area contributed by atoms with E-state index in [1.165, 1.54) is 0 Å². The summed E-state index contributed by atoms with van der Waals surface area (Å²) in [6, 6.07) is 5.50. The van der Waals surface area contributed by atoms with E-state index in [0.29, 0.717) is 5.75 Å². The van der Waals surface area contributed by atoms with Gasteiger partial charge >= 0.3 is 0 Å². The van der Waals surface area contributed by atoms with Crippen molar-refractivity contribution < 1.29 is 9.84 Å². The van der Waals surface area contributed by atoms with Gasteiger partial charge < -0.3 is 9.84 Å². The van der Waals surface area contributed by atoms with Crippen molar-refractivity contribution in [3.05, 3.63) is 29.3 Å². The number of phenolic OH excluding ortho intramolecular Hbond substituents is 1. The third-order valence-corrected chi connectivity index (χ3v) is 2.04. The Morgan fingerprint density at radius 1 is 1.42 bits per heavy atom. The van der Waals surface area contributed by atoms with Gasteiger partial charge in [0.15, 0.2) is 0 Å². The fourth-order valence-corrected chi connectivity index (χ4v) is 1.07. The molecule has 0 aliphatic heterocycles. The van der Waals surface area contributed by atoms with Gasteiger partial charge in [-0.1, -0.05) is 6.07 Å². The summed E-state index contributed by atoms with van der Waals surface area (Å²) in [4.78, 5) is 0. The highest BCUT2D eigenvalue weighted by Crippen LogP contribution is 2.22. The second-order valence-corrected chi connectivity index (χ2v) is 2.92. The zero-order valence-electron chi connectivity index (χ0n) is 7.66. The molecule has 1 aromatic carbocycles. The Balaban J connectivity index is 2.96. The first-order valence-corrected chi connectivity index (χ1v) is 3.97. The van der Waals surface area contributed by atoms with Crippen LogP contribution in [-0.4, -0.2) is 12.2 Å². The highest BCUT2D eigenvalue weighted by molar-refractivity contribution is 5.35. The molecule has 1 atom stereocenters. The lowest BCUT2D eigenvalue weighted by Gasteiger charge is -2.10. The predicted molar refractivity (Wildman–Crippen MR) is 48.3 cm³/mol. The van der Waals surface area contributed by atoms with E-state index in [-0.39, 0.29) is 6.10 Å². The monoisotopic (exact) mass is 166 g/mol. The Hall–Kier alpha value is -1.02. The Morgan fingerprint density at radius 3 is 2.58 bits per heavy atom. The molecule has 1 aromatic rings. The minimum Gasteiger partial charge on any atom is -0.508 e. The summed E-state index contributed by atoms with van der Waals surface area (Å²) in [5, 5.41) is 9.26. The van der Waals surface area contributed by atoms with E-state index in [1.54, 1.807) is 13.2 Å². The smallest absolute Gasteiger partial charge is 0.118 e. The molecule has 1 unspecified atom stereocenters. The molecule has 0 amide bonds. The lowest BCUT2D eigenvalue weighted by molar-refractivity contribution is 0.119. The minimum atomic E-state index is 0.0873. The van der Waals surface area contributed by atoms with Gasteiger partial charge in [-0.2, -0.15) is 0 Å². The van der Waals surface area contributed by atoms with Crippen LogP contribution in [0.15, 0.2) is 18.2 Å². The summed E-state index contributed by atoms with van der Waals surface area (Å²) in [6.45, 7) is 3.85. The van der Waals surface area contributed by atoms with Crippen LogP contribution in [0.3, 0.4) is 0 Å². The van der Waals surface area contributed by atoms with Crippen LogP contribution in [-0.2, 0) is 4.74 Å². The Bertz CT molecular complexity index is 269. The van der Waals surface area contributed by atoms with E-state index in [2.05, 4.69) is 0 Å². The lowest BCUT2D eigenvalue weighted by Crippen LogP contribution is -1.95. The molecule has 0 heterocycles. The van der Waals surface area contributed by atoms with Crippen LogP contribution >= 0.6 is 0 Å². The van der Waals surface area contributed by atoms with Crippen LogP contribution in [0.5, 0.6) is 5.75 Å². The molecule has 12 heavy (non-hydrogen) atoms. The van der Waals surface area contributed by atoms with Gasteiger partial charge in [-0.25, -0.2) is 0 Å². The van der Waals surface area contributed by atoms with Crippen molar-refractivity contribution in [3.63, 3.8) is 0 Å². The molecule has 0 aliphatic carbocycles. The molecular formula is C10H14O2. The molecule has 0 aliphatic rings. The maximum absolute atomic E-state index is 9.26. The summed E-state index contributed by atoms with van der Waals surface area (Å²) in [6.07, 6.45) is 0.0873. The maximum atomic E-state index is 9.26. The topological polar surface area (TPSA) is 29.5 Å². The fraction of sp³-hybridized carbons (Fsp3) is 0.400. The highest BCUT2D eigenvalue weighted by atomic mass is 16.5. The van der Waals surface area contributed by atoms with Crippen LogP contribution in [0.2, 0.25) is 0 Å². The number of aromatic hydroxyl groups is 1. The molecule has 0 bridgehead atoms. The molecule has 0 spiro atoms. The normalized spacial score (nSPS) is 12.9. The molecule has 0 aromatic heterocycles. The molecular weight excluding hydrogens is 152 g/mol. The molecule has 0 saturated carbocycles. The molecule has 0 radical (unpaired) electrons. The average molecular weight is 166 g/mol. The number of rotatable bonds is 2. The predicted octanol–water partition coefficient (Wildman–Crippen LogP) is 2.41. The van der Waals surface area contributed by atoms with Crippen molar-refractivity contribution in [2.24, 2.45) is 0 Å². The fourth-order valence-electron chi connectivity index (χ4n) is 1.07. The van der Waals surface area contributed by atoms with Crippen LogP contribution < -0.4 is 0 Å². The van der Waals surface area contributed by atoms with Crippen molar-refractivity contribution in [2.75, 3.05) is 7.11 Å². The first-order chi connectivity index (χ1) is 5.65. The number of phenols is 1. The summed E-state index contributed by atoms with van der Waals surface area (Å²) >= 11 is 0. The maximum Gasteiger partial charge on any atom is 0.118 e. The quantitative estimate of drug-likeness (QED) is 0.731. The van der Waals surface area contributed by atoms with E-state index in [0.717, 1.165) is 11.1 Å². The van der Waals surface area contributed by atoms with Gasteiger partial charge in [-0.05, 0) is 37.1 Å². The number of ether oxygens (including phenoxy) is 1. The molecule has 66 valence electrons. The number of hydrogen-bond donors (Lipinski definition) is 1. The highest BCUT2D eigenvalue weighted by Gasteiger charge is 2.04. The number of benzene rings is 1. The van der Waals surface area contributed by atoms with Crippen molar-refractivity contribution in [1.29, 1.82) is 0 Å². The second kappa shape index (κ2) is 3.59. The number of aryl methyl sites for hydroxylation is 1. The van der Waals surface area contributed by atoms with Gasteiger partial charge in [-0.15, -0.1) is 0 Å². The number of hydrogen-bond acceptors (Lipinski definition) is 2. The Labute approximate surface area is 72.8 Å². The van der Waals surface area contributed by atoms with Gasteiger partial charge in [0.2, 0.25) is 0 Å². The molecule has 2 nitrogen and oxygen atoms in total. The summed E-state index contributed by atoms with van der Waals surface area (Å²) in [5.41, 5.74) is 1.98. The third kappa shape index (κ3) is 1.77. The van der Waals surface area contributed by atoms with Gasteiger partial charge in [0.1, 0.15) is 5.75 Å². The first-order valence-electron chi connectivity index (χ1n) is 3.97. The summed E-state index contributed by atoms with van der Waals surface area (Å²) in [7, 11) is 1.67. The van der Waals surface area contributed by atoms with E-state index in [9.17, 15) is 5.11 Å². The van der Waals surface area contributed by atoms with E-state index in [1.807, 2.05) is 26.0 Å². The van der Waals surface area contributed by atoms with Crippen LogP contribution in [0.1, 0.15) is 24.2 Å². The largest absolute Gasteiger partial charge is 0.508 e. The number of methoxy groups -OCH3 is 1. The van der Waals surface area contributed by atoms with E-state index >= 15 is 0 Å². The van der Waals surface area contributed by atoms with Crippen molar-refractivity contribution >= 4 is 0 Å². The molecule has 1 rings (SSSR count). The van der Waals surface area contributed by atoms with Gasteiger partial charge in [0.25, 0.3) is 0 Å².